The number of ether oxygens (including phenoxy) is 1. The lowest BCUT2D eigenvalue weighted by molar-refractivity contribution is 0.146. The number of aliphatic hydroxyl groups excluding tert-OH is 1. The number of H-pyrrole nitrogens is 1. The summed E-state index contributed by atoms with van der Waals surface area (Å²) in [4.78, 5) is 2.82. The number of hydrogen-bond donors (Lipinski definition) is 3. The smallest absolute Gasteiger partial charge is 0.242 e. The van der Waals surface area contributed by atoms with Gasteiger partial charge >= 0.3 is 0 Å². The van der Waals surface area contributed by atoms with E-state index in [1.807, 2.05) is 6.92 Å². The summed E-state index contributed by atoms with van der Waals surface area (Å²) in [6.45, 7) is 3.18. The lowest BCUT2D eigenvalue weighted by atomic mass is 10.5. The Morgan fingerprint density at radius 1 is 1.53 bits per heavy atom. The van der Waals surface area contributed by atoms with Crippen molar-refractivity contribution >= 4 is 10.0 Å². The van der Waals surface area contributed by atoms with Gasteiger partial charge in [-0.05, 0) is 19.4 Å². The van der Waals surface area contributed by atoms with E-state index in [0.717, 1.165) is 0 Å². The Labute approximate surface area is 101 Å². The van der Waals surface area contributed by atoms with Crippen LogP contribution in [-0.2, 0) is 21.4 Å². The highest BCUT2D eigenvalue weighted by Gasteiger charge is 2.14. The number of rotatable bonds is 8. The summed E-state index contributed by atoms with van der Waals surface area (Å²) in [6, 6.07) is 1.41. The van der Waals surface area contributed by atoms with E-state index in [4.69, 9.17) is 9.84 Å². The Balaban J connectivity index is 2.45. The van der Waals surface area contributed by atoms with Crippen molar-refractivity contribution in [2.75, 3.05) is 19.8 Å². The third kappa shape index (κ3) is 4.47. The van der Waals surface area contributed by atoms with Gasteiger partial charge in [-0.15, -0.1) is 0 Å². The summed E-state index contributed by atoms with van der Waals surface area (Å²) in [5.74, 6) is 0. The maximum Gasteiger partial charge on any atom is 0.242 e. The van der Waals surface area contributed by atoms with Crippen molar-refractivity contribution in [1.82, 2.24) is 9.71 Å². The molecule has 7 heteroatoms. The molecular formula is C10H18N2O4S. The standard InChI is InChI=1S/C10H18N2O4S/c1-2-16-5-3-4-12-17(14,15)10-6-9(8-13)11-7-10/h6-7,11-13H,2-5,8H2,1H3. The average molecular weight is 262 g/mol. The van der Waals surface area contributed by atoms with Gasteiger partial charge in [0.1, 0.15) is 0 Å². The second-order valence-corrected chi connectivity index (χ2v) is 5.23. The summed E-state index contributed by atoms with van der Waals surface area (Å²) in [5, 5.41) is 8.83. The molecule has 1 heterocycles. The van der Waals surface area contributed by atoms with Crippen LogP contribution in [0.4, 0.5) is 0 Å². The van der Waals surface area contributed by atoms with Crippen molar-refractivity contribution in [3.63, 3.8) is 0 Å². The van der Waals surface area contributed by atoms with E-state index >= 15 is 0 Å². The number of hydrogen-bond acceptors (Lipinski definition) is 4. The van der Waals surface area contributed by atoms with Crippen LogP contribution >= 0.6 is 0 Å². The normalized spacial score (nSPS) is 11.9. The van der Waals surface area contributed by atoms with Gasteiger partial charge in [0.05, 0.1) is 11.5 Å². The fourth-order valence-corrected chi connectivity index (χ4v) is 2.36. The van der Waals surface area contributed by atoms with Gasteiger partial charge in [0.2, 0.25) is 10.0 Å². The molecule has 0 saturated heterocycles. The quantitative estimate of drug-likeness (QED) is 0.584. The second-order valence-electron chi connectivity index (χ2n) is 3.47. The molecule has 0 atom stereocenters. The molecule has 0 fully saturated rings. The van der Waals surface area contributed by atoms with Gasteiger partial charge in [0.15, 0.2) is 0 Å². The molecule has 0 aliphatic heterocycles. The van der Waals surface area contributed by atoms with Crippen LogP contribution < -0.4 is 4.72 Å². The van der Waals surface area contributed by atoms with Gasteiger partial charge in [0.25, 0.3) is 0 Å². The van der Waals surface area contributed by atoms with Crippen LogP contribution in [0.1, 0.15) is 19.0 Å². The number of aliphatic hydroxyl groups is 1. The minimum absolute atomic E-state index is 0.137. The first kappa shape index (κ1) is 14.2. The number of nitrogens with one attached hydrogen (secondary N) is 2. The molecule has 3 N–H and O–H groups in total. The topological polar surface area (TPSA) is 91.4 Å². The minimum atomic E-state index is -3.48. The van der Waals surface area contributed by atoms with Gasteiger partial charge in [-0.1, -0.05) is 0 Å². The molecule has 0 saturated carbocycles. The lowest BCUT2D eigenvalue weighted by Gasteiger charge is -2.04. The maximum absolute atomic E-state index is 11.7. The van der Waals surface area contributed by atoms with Gasteiger partial charge in [-0.3, -0.25) is 0 Å². The molecule has 0 aromatic carbocycles. The summed E-state index contributed by atoms with van der Waals surface area (Å²) in [7, 11) is -3.48. The van der Waals surface area contributed by atoms with Crippen LogP contribution in [0.5, 0.6) is 0 Å². The zero-order valence-corrected chi connectivity index (χ0v) is 10.6. The number of aromatic amines is 1. The summed E-state index contributed by atoms with van der Waals surface area (Å²) >= 11 is 0. The maximum atomic E-state index is 11.7. The largest absolute Gasteiger partial charge is 0.390 e. The molecule has 6 nitrogen and oxygen atoms in total. The molecule has 0 spiro atoms. The molecule has 0 amide bonds. The van der Waals surface area contributed by atoms with E-state index in [0.29, 0.717) is 31.9 Å². The van der Waals surface area contributed by atoms with Gasteiger partial charge < -0.3 is 14.8 Å². The number of sulfonamides is 1. The van der Waals surface area contributed by atoms with E-state index in [2.05, 4.69) is 9.71 Å². The first-order valence-corrected chi connectivity index (χ1v) is 6.94. The Morgan fingerprint density at radius 2 is 2.29 bits per heavy atom. The SMILES string of the molecule is CCOCCCNS(=O)(=O)c1c[nH]c(CO)c1. The first-order chi connectivity index (χ1) is 8.10. The molecular weight excluding hydrogens is 244 g/mol. The summed E-state index contributed by atoms with van der Waals surface area (Å²) in [6.07, 6.45) is 1.99. The predicted octanol–water partition coefficient (Wildman–Crippen LogP) is 0.212. The molecule has 0 unspecified atom stereocenters. The highest BCUT2D eigenvalue weighted by atomic mass is 32.2. The highest BCUT2D eigenvalue weighted by Crippen LogP contribution is 2.10. The molecule has 0 radical (unpaired) electrons. The average Bonchev–Trinajstić information content (AvgIpc) is 2.78. The fraction of sp³-hybridized carbons (Fsp3) is 0.600. The Bertz CT molecular complexity index is 427. The number of aromatic nitrogens is 1. The van der Waals surface area contributed by atoms with Crippen LogP contribution in [-0.4, -0.2) is 38.3 Å². The third-order valence-electron chi connectivity index (χ3n) is 2.16. The van der Waals surface area contributed by atoms with Gasteiger partial charge in [-0.25, -0.2) is 13.1 Å². The van der Waals surface area contributed by atoms with E-state index in [9.17, 15) is 8.42 Å². The van der Waals surface area contributed by atoms with E-state index in [1.54, 1.807) is 0 Å². The van der Waals surface area contributed by atoms with Gasteiger partial charge in [0, 0.05) is 31.6 Å². The van der Waals surface area contributed by atoms with Crippen molar-refractivity contribution < 1.29 is 18.3 Å². The van der Waals surface area contributed by atoms with E-state index in [1.165, 1.54) is 12.3 Å². The summed E-state index contributed by atoms with van der Waals surface area (Å²) < 4.78 is 31.0. The molecule has 0 aliphatic carbocycles. The van der Waals surface area contributed by atoms with Crippen LogP contribution in [0.2, 0.25) is 0 Å². The summed E-state index contributed by atoms with van der Waals surface area (Å²) in [5.41, 5.74) is 0.472. The van der Waals surface area contributed by atoms with Crippen LogP contribution in [0.25, 0.3) is 0 Å². The van der Waals surface area contributed by atoms with Crippen molar-refractivity contribution in [3.8, 4) is 0 Å². The van der Waals surface area contributed by atoms with Crippen molar-refractivity contribution in [2.45, 2.75) is 24.8 Å². The van der Waals surface area contributed by atoms with Crippen LogP contribution in [0.15, 0.2) is 17.2 Å². The Kier molecular flexibility index (Phi) is 5.63. The van der Waals surface area contributed by atoms with Crippen molar-refractivity contribution in [3.05, 3.63) is 18.0 Å². The lowest BCUT2D eigenvalue weighted by Crippen LogP contribution is -2.25. The van der Waals surface area contributed by atoms with Gasteiger partial charge in [-0.2, -0.15) is 0 Å². The minimum Gasteiger partial charge on any atom is -0.390 e. The molecule has 0 aliphatic rings. The molecule has 98 valence electrons. The van der Waals surface area contributed by atoms with Crippen molar-refractivity contribution in [1.29, 1.82) is 0 Å². The molecule has 1 rings (SSSR count). The molecule has 1 aromatic heterocycles. The molecule has 1 aromatic rings. The van der Waals surface area contributed by atoms with Crippen molar-refractivity contribution in [2.24, 2.45) is 0 Å². The highest BCUT2D eigenvalue weighted by molar-refractivity contribution is 7.89. The Morgan fingerprint density at radius 3 is 2.88 bits per heavy atom. The van der Waals surface area contributed by atoms with E-state index < -0.39 is 10.0 Å². The van der Waals surface area contributed by atoms with E-state index in [-0.39, 0.29) is 11.5 Å². The van der Waals surface area contributed by atoms with Crippen LogP contribution in [0, 0.1) is 0 Å². The van der Waals surface area contributed by atoms with Crippen LogP contribution in [0.3, 0.4) is 0 Å². The monoisotopic (exact) mass is 262 g/mol. The molecule has 17 heavy (non-hydrogen) atoms. The molecule has 0 bridgehead atoms. The fourth-order valence-electron chi connectivity index (χ4n) is 1.27. The zero-order valence-electron chi connectivity index (χ0n) is 9.77. The zero-order chi connectivity index (χ0) is 12.7. The second kappa shape index (κ2) is 6.75. The Hall–Kier alpha value is -0.890. The first-order valence-electron chi connectivity index (χ1n) is 5.45. The third-order valence-corrected chi connectivity index (χ3v) is 3.60. The predicted molar refractivity (Wildman–Crippen MR) is 63.0 cm³/mol.